The molecule has 0 spiro atoms. The van der Waals surface area contributed by atoms with Crippen LogP contribution in [0.3, 0.4) is 0 Å². The van der Waals surface area contributed by atoms with Gasteiger partial charge in [-0.2, -0.15) is 4.39 Å². The Balaban J connectivity index is 1.60. The van der Waals surface area contributed by atoms with Gasteiger partial charge >= 0.3 is 5.69 Å². The van der Waals surface area contributed by atoms with E-state index in [1.165, 1.54) is 10.9 Å². The number of thiophene rings is 1. The van der Waals surface area contributed by atoms with Crippen LogP contribution in [0.4, 0.5) is 15.8 Å². The minimum Gasteiger partial charge on any atom is -0.325 e. The molecule has 1 aliphatic carbocycles. The van der Waals surface area contributed by atoms with Gasteiger partial charge in [-0.15, -0.1) is 11.3 Å². The summed E-state index contributed by atoms with van der Waals surface area (Å²) < 4.78 is 15.2. The Labute approximate surface area is 191 Å². The number of aromatic nitrogens is 2. The van der Waals surface area contributed by atoms with Gasteiger partial charge in [-0.3, -0.25) is 24.3 Å². The van der Waals surface area contributed by atoms with Crippen molar-refractivity contribution in [3.63, 3.8) is 0 Å². The van der Waals surface area contributed by atoms with Crippen molar-refractivity contribution >= 4 is 50.6 Å². The largest absolute Gasteiger partial charge is 0.325 e. The Morgan fingerprint density at radius 2 is 2.22 bits per heavy atom. The summed E-state index contributed by atoms with van der Waals surface area (Å²) in [4.78, 5) is 42.7. The van der Waals surface area contributed by atoms with Crippen LogP contribution in [0, 0.1) is 15.9 Å². The van der Waals surface area contributed by atoms with Gasteiger partial charge in [0.2, 0.25) is 11.7 Å². The summed E-state index contributed by atoms with van der Waals surface area (Å²) in [7, 11) is 0. The summed E-state index contributed by atoms with van der Waals surface area (Å²) in [6.45, 7) is 4.13. The number of nitrogens with zero attached hydrogens (tertiary/aromatic N) is 3. The number of nitro benzene ring substituents is 1. The lowest BCUT2D eigenvalue weighted by Gasteiger charge is -2.15. The number of nitro groups is 1. The van der Waals surface area contributed by atoms with E-state index in [4.69, 9.17) is 4.98 Å². The van der Waals surface area contributed by atoms with E-state index in [-0.39, 0.29) is 11.2 Å². The highest BCUT2D eigenvalue weighted by Gasteiger charge is 2.25. The molecule has 11 heteroatoms. The Hall–Kier alpha value is -2.79. The van der Waals surface area contributed by atoms with Crippen LogP contribution in [-0.4, -0.2) is 25.6 Å². The second kappa shape index (κ2) is 8.99. The number of thioether (sulfide) groups is 1. The first-order valence-electron chi connectivity index (χ1n) is 10.3. The summed E-state index contributed by atoms with van der Waals surface area (Å²) in [5.74, 6) is -1.40. The molecule has 8 nitrogen and oxygen atoms in total. The fraction of sp³-hybridized carbons (Fsp3) is 0.381. The summed E-state index contributed by atoms with van der Waals surface area (Å²) in [5.41, 5.74) is 0.463. The minimum absolute atomic E-state index is 0.0690. The van der Waals surface area contributed by atoms with Crippen molar-refractivity contribution in [1.82, 2.24) is 9.55 Å². The molecule has 4 rings (SSSR count). The van der Waals surface area contributed by atoms with Crippen LogP contribution >= 0.6 is 23.1 Å². The third-order valence-corrected chi connectivity index (χ3v) is 7.57. The van der Waals surface area contributed by atoms with Gasteiger partial charge < -0.3 is 5.32 Å². The van der Waals surface area contributed by atoms with Gasteiger partial charge in [0.25, 0.3) is 5.56 Å². The van der Waals surface area contributed by atoms with Crippen molar-refractivity contribution in [3.8, 4) is 0 Å². The van der Waals surface area contributed by atoms with E-state index in [1.807, 2.05) is 6.92 Å². The van der Waals surface area contributed by atoms with Crippen LogP contribution in [0.2, 0.25) is 0 Å². The molecule has 3 aromatic rings. The molecule has 0 saturated carbocycles. The predicted molar refractivity (Wildman–Crippen MR) is 123 cm³/mol. The van der Waals surface area contributed by atoms with Gasteiger partial charge in [0, 0.05) is 23.2 Å². The molecule has 1 aliphatic rings. The Bertz CT molecular complexity index is 1290. The number of anilines is 1. The van der Waals surface area contributed by atoms with Crippen LogP contribution in [0.15, 0.2) is 28.2 Å². The molecular weight excluding hydrogens is 455 g/mol. The Kier molecular flexibility index (Phi) is 6.29. The third-order valence-electron chi connectivity index (χ3n) is 5.30. The number of nitrogens with one attached hydrogen (secondary N) is 1. The van der Waals surface area contributed by atoms with E-state index in [0.29, 0.717) is 21.9 Å². The van der Waals surface area contributed by atoms with Crippen molar-refractivity contribution in [2.75, 3.05) is 5.32 Å². The van der Waals surface area contributed by atoms with Crippen molar-refractivity contribution in [3.05, 3.63) is 54.9 Å². The zero-order valence-electron chi connectivity index (χ0n) is 17.5. The number of carbonyl (C=O) groups is 1. The van der Waals surface area contributed by atoms with Gasteiger partial charge in [0.1, 0.15) is 4.83 Å². The number of hydrogen-bond donors (Lipinski definition) is 1. The van der Waals surface area contributed by atoms with Crippen LogP contribution in [0.1, 0.15) is 37.1 Å². The fourth-order valence-corrected chi connectivity index (χ4v) is 5.99. The summed E-state index contributed by atoms with van der Waals surface area (Å²) >= 11 is 2.71. The summed E-state index contributed by atoms with van der Waals surface area (Å²) in [6, 6.07) is 3.19. The topological polar surface area (TPSA) is 107 Å². The highest BCUT2D eigenvalue weighted by atomic mass is 32.2. The highest BCUT2D eigenvalue weighted by molar-refractivity contribution is 8.00. The Morgan fingerprint density at radius 1 is 1.44 bits per heavy atom. The number of benzene rings is 1. The zero-order chi connectivity index (χ0) is 23.0. The summed E-state index contributed by atoms with van der Waals surface area (Å²) in [6.07, 6.45) is 3.66. The monoisotopic (exact) mass is 476 g/mol. The van der Waals surface area contributed by atoms with E-state index < -0.39 is 27.6 Å². The van der Waals surface area contributed by atoms with Crippen LogP contribution < -0.4 is 10.9 Å². The number of amides is 1. The van der Waals surface area contributed by atoms with E-state index in [1.54, 1.807) is 22.8 Å². The smallest absolute Gasteiger partial charge is 0.306 e. The number of aryl methyl sites for hydroxylation is 2. The molecule has 168 valence electrons. The molecule has 1 amide bonds. The molecule has 2 aromatic heterocycles. The standard InChI is InChI=1S/C21H21FN4O4S2/c1-3-9-25-20(28)17-13-5-4-6-16(13)32-19(17)24-21(25)31-11(2)18(27)23-12-7-8-14(22)15(10-12)26(29)30/h7-8,10-11H,3-6,9H2,1-2H3,(H,23,27). The molecule has 0 radical (unpaired) electrons. The first kappa shape index (κ1) is 22.4. The van der Waals surface area contributed by atoms with E-state index >= 15 is 0 Å². The lowest BCUT2D eigenvalue weighted by Crippen LogP contribution is -2.27. The van der Waals surface area contributed by atoms with Crippen molar-refractivity contribution in [1.29, 1.82) is 0 Å². The van der Waals surface area contributed by atoms with Crippen LogP contribution in [0.25, 0.3) is 10.2 Å². The number of rotatable bonds is 7. The third kappa shape index (κ3) is 4.14. The maximum absolute atomic E-state index is 13.5. The molecule has 2 heterocycles. The number of fused-ring (bicyclic) bond motifs is 3. The van der Waals surface area contributed by atoms with E-state index in [2.05, 4.69) is 5.32 Å². The first-order chi connectivity index (χ1) is 15.3. The lowest BCUT2D eigenvalue weighted by molar-refractivity contribution is -0.387. The van der Waals surface area contributed by atoms with Crippen molar-refractivity contribution in [2.24, 2.45) is 0 Å². The average Bonchev–Trinajstić information content (AvgIpc) is 3.32. The molecule has 32 heavy (non-hydrogen) atoms. The predicted octanol–water partition coefficient (Wildman–Crippen LogP) is 4.52. The minimum atomic E-state index is -0.973. The molecule has 1 aromatic carbocycles. The molecule has 1 unspecified atom stereocenters. The second-order valence-electron chi connectivity index (χ2n) is 7.56. The van der Waals surface area contributed by atoms with E-state index in [9.17, 15) is 24.1 Å². The van der Waals surface area contributed by atoms with Crippen molar-refractivity contribution in [2.45, 2.75) is 56.5 Å². The van der Waals surface area contributed by atoms with Gasteiger partial charge in [-0.25, -0.2) is 4.98 Å². The second-order valence-corrected chi connectivity index (χ2v) is 9.95. The quantitative estimate of drug-likeness (QED) is 0.232. The van der Waals surface area contributed by atoms with Crippen molar-refractivity contribution < 1.29 is 14.1 Å². The SMILES string of the molecule is CCCn1c(SC(C)C(=O)Nc2ccc(F)c([N+](=O)[O-])c2)nc2sc3c(c2c1=O)CCC3. The molecule has 0 saturated heterocycles. The highest BCUT2D eigenvalue weighted by Crippen LogP contribution is 2.36. The number of carbonyl (C=O) groups excluding carboxylic acids is 1. The molecule has 1 atom stereocenters. The molecule has 1 N–H and O–H groups in total. The average molecular weight is 477 g/mol. The number of halogens is 1. The van der Waals surface area contributed by atoms with Crippen LogP contribution in [0.5, 0.6) is 0 Å². The lowest BCUT2D eigenvalue weighted by atomic mass is 10.2. The molecule has 0 aliphatic heterocycles. The molecule has 0 bridgehead atoms. The number of hydrogen-bond acceptors (Lipinski definition) is 7. The first-order valence-corrected chi connectivity index (χ1v) is 12.0. The van der Waals surface area contributed by atoms with Crippen LogP contribution in [-0.2, 0) is 24.2 Å². The molecule has 0 fully saturated rings. The van der Waals surface area contributed by atoms with Gasteiger partial charge in [-0.1, -0.05) is 18.7 Å². The zero-order valence-corrected chi connectivity index (χ0v) is 19.1. The van der Waals surface area contributed by atoms with E-state index in [0.717, 1.165) is 55.1 Å². The fourth-order valence-electron chi connectivity index (χ4n) is 3.75. The maximum Gasteiger partial charge on any atom is 0.306 e. The van der Waals surface area contributed by atoms with Gasteiger partial charge in [0.15, 0.2) is 5.16 Å². The normalized spacial score (nSPS) is 13.8. The van der Waals surface area contributed by atoms with Gasteiger partial charge in [0.05, 0.1) is 15.6 Å². The molecular formula is C21H21FN4O4S2. The Morgan fingerprint density at radius 3 is 2.94 bits per heavy atom. The summed E-state index contributed by atoms with van der Waals surface area (Å²) in [5, 5.41) is 14.0. The van der Waals surface area contributed by atoms with Gasteiger partial charge in [-0.05, 0) is 50.3 Å². The maximum atomic E-state index is 13.5.